The molecule has 0 fully saturated rings. The first-order valence-corrected chi connectivity index (χ1v) is 5.17. The van der Waals surface area contributed by atoms with Gasteiger partial charge in [0, 0.05) is 12.7 Å². The van der Waals surface area contributed by atoms with Crippen LogP contribution < -0.4 is 10.6 Å². The Morgan fingerprint density at radius 3 is 3.00 bits per heavy atom. The standard InChI is InChI=1S/C11H15N3O/c1-7(2)8-5-13-9-3-4-12-6-10(9)14-11(8)15/h3-4,6-8,13H,5H2,1-2H3,(H,14,15). The molecule has 1 atom stereocenters. The van der Waals surface area contributed by atoms with Crippen LogP contribution in [0.3, 0.4) is 0 Å². The second-order valence-corrected chi connectivity index (χ2v) is 4.14. The lowest BCUT2D eigenvalue weighted by Crippen LogP contribution is -2.29. The summed E-state index contributed by atoms with van der Waals surface area (Å²) in [6.45, 7) is 4.79. The van der Waals surface area contributed by atoms with Gasteiger partial charge in [-0.1, -0.05) is 13.8 Å². The number of amides is 1. The summed E-state index contributed by atoms with van der Waals surface area (Å²) in [5.74, 6) is 0.418. The van der Waals surface area contributed by atoms with Crippen molar-refractivity contribution in [2.24, 2.45) is 11.8 Å². The van der Waals surface area contributed by atoms with Crippen LogP contribution in [0.1, 0.15) is 13.8 Å². The third kappa shape index (κ3) is 1.93. The molecule has 2 rings (SSSR count). The number of hydrogen-bond acceptors (Lipinski definition) is 3. The van der Waals surface area contributed by atoms with Crippen molar-refractivity contribution >= 4 is 17.3 Å². The fraction of sp³-hybridized carbons (Fsp3) is 0.455. The van der Waals surface area contributed by atoms with E-state index < -0.39 is 0 Å². The minimum Gasteiger partial charge on any atom is -0.382 e. The number of carbonyl (C=O) groups is 1. The number of carbonyl (C=O) groups excluding carboxylic acids is 1. The van der Waals surface area contributed by atoms with Crippen molar-refractivity contribution in [1.82, 2.24) is 4.98 Å². The van der Waals surface area contributed by atoms with Gasteiger partial charge in [0.2, 0.25) is 5.91 Å². The van der Waals surface area contributed by atoms with Crippen LogP contribution in [0, 0.1) is 11.8 Å². The van der Waals surface area contributed by atoms with E-state index in [-0.39, 0.29) is 11.8 Å². The zero-order valence-corrected chi connectivity index (χ0v) is 8.95. The highest BCUT2D eigenvalue weighted by molar-refractivity contribution is 5.97. The summed E-state index contributed by atoms with van der Waals surface area (Å²) in [5, 5.41) is 6.15. The maximum absolute atomic E-state index is 11.8. The first kappa shape index (κ1) is 9.96. The Morgan fingerprint density at radius 1 is 1.47 bits per heavy atom. The van der Waals surface area contributed by atoms with Crippen molar-refractivity contribution in [1.29, 1.82) is 0 Å². The van der Waals surface area contributed by atoms with Gasteiger partial charge in [-0.2, -0.15) is 0 Å². The molecule has 0 bridgehead atoms. The zero-order chi connectivity index (χ0) is 10.8. The van der Waals surface area contributed by atoms with Crippen molar-refractivity contribution in [2.75, 3.05) is 17.2 Å². The van der Waals surface area contributed by atoms with Gasteiger partial charge in [0.15, 0.2) is 0 Å². The monoisotopic (exact) mass is 205 g/mol. The Hall–Kier alpha value is -1.58. The highest BCUT2D eigenvalue weighted by Crippen LogP contribution is 2.25. The lowest BCUT2D eigenvalue weighted by molar-refractivity contribution is -0.120. The van der Waals surface area contributed by atoms with Crippen LogP contribution in [0.2, 0.25) is 0 Å². The van der Waals surface area contributed by atoms with Crippen molar-refractivity contribution in [3.05, 3.63) is 18.5 Å². The first-order valence-electron chi connectivity index (χ1n) is 5.17. The number of aromatic nitrogens is 1. The maximum Gasteiger partial charge on any atom is 0.229 e. The summed E-state index contributed by atoms with van der Waals surface area (Å²) >= 11 is 0. The van der Waals surface area contributed by atoms with E-state index in [1.54, 1.807) is 12.4 Å². The van der Waals surface area contributed by atoms with Crippen LogP contribution in [0.25, 0.3) is 0 Å². The van der Waals surface area contributed by atoms with Gasteiger partial charge in [-0.3, -0.25) is 9.78 Å². The largest absolute Gasteiger partial charge is 0.382 e. The minimum atomic E-state index is 0.0115. The Labute approximate surface area is 89.1 Å². The van der Waals surface area contributed by atoms with E-state index in [0.717, 1.165) is 11.4 Å². The number of pyridine rings is 1. The molecule has 0 aliphatic carbocycles. The molecule has 4 nitrogen and oxygen atoms in total. The molecule has 1 amide bonds. The summed E-state index contributed by atoms with van der Waals surface area (Å²) in [6.07, 6.45) is 3.39. The zero-order valence-electron chi connectivity index (χ0n) is 8.95. The van der Waals surface area contributed by atoms with Crippen molar-refractivity contribution in [2.45, 2.75) is 13.8 Å². The summed E-state index contributed by atoms with van der Waals surface area (Å²) in [4.78, 5) is 15.8. The molecule has 0 saturated heterocycles. The predicted molar refractivity (Wildman–Crippen MR) is 59.7 cm³/mol. The van der Waals surface area contributed by atoms with Gasteiger partial charge in [0.1, 0.15) is 0 Å². The fourth-order valence-electron chi connectivity index (χ4n) is 1.72. The van der Waals surface area contributed by atoms with Crippen LogP contribution in [-0.2, 0) is 4.79 Å². The molecule has 1 aromatic heterocycles. The molecule has 0 spiro atoms. The predicted octanol–water partition coefficient (Wildman–Crippen LogP) is 1.72. The third-order valence-electron chi connectivity index (χ3n) is 2.73. The molecule has 1 aliphatic rings. The lowest BCUT2D eigenvalue weighted by Gasteiger charge is -2.16. The molecule has 2 heterocycles. The Bertz CT molecular complexity index is 376. The average molecular weight is 205 g/mol. The first-order chi connectivity index (χ1) is 7.18. The molecule has 0 aromatic carbocycles. The molecule has 15 heavy (non-hydrogen) atoms. The van der Waals surface area contributed by atoms with Gasteiger partial charge in [-0.05, 0) is 12.0 Å². The van der Waals surface area contributed by atoms with E-state index in [1.165, 1.54) is 0 Å². The van der Waals surface area contributed by atoms with Crippen molar-refractivity contribution in [3.63, 3.8) is 0 Å². The number of nitrogens with zero attached hydrogens (tertiary/aromatic N) is 1. The Kier molecular flexibility index (Phi) is 2.58. The second-order valence-electron chi connectivity index (χ2n) is 4.14. The van der Waals surface area contributed by atoms with Gasteiger partial charge in [-0.15, -0.1) is 0 Å². The Balaban J connectivity index is 2.26. The number of hydrogen-bond donors (Lipinski definition) is 2. The van der Waals surface area contributed by atoms with Gasteiger partial charge in [-0.25, -0.2) is 0 Å². The number of rotatable bonds is 1. The van der Waals surface area contributed by atoms with E-state index in [1.807, 2.05) is 6.07 Å². The van der Waals surface area contributed by atoms with Gasteiger partial charge >= 0.3 is 0 Å². The summed E-state index contributed by atoms with van der Waals surface area (Å²) in [6, 6.07) is 1.87. The molecular weight excluding hydrogens is 190 g/mol. The number of anilines is 2. The van der Waals surface area contributed by atoms with Crippen molar-refractivity contribution < 1.29 is 4.79 Å². The number of nitrogens with one attached hydrogen (secondary N) is 2. The van der Waals surface area contributed by atoms with Gasteiger partial charge < -0.3 is 10.6 Å². The van der Waals surface area contributed by atoms with Crippen LogP contribution in [-0.4, -0.2) is 17.4 Å². The lowest BCUT2D eigenvalue weighted by atomic mass is 9.95. The van der Waals surface area contributed by atoms with Gasteiger partial charge in [0.25, 0.3) is 0 Å². The second kappa shape index (κ2) is 3.88. The van der Waals surface area contributed by atoms with Crippen LogP contribution in [0.5, 0.6) is 0 Å². The van der Waals surface area contributed by atoms with Crippen molar-refractivity contribution in [3.8, 4) is 0 Å². The smallest absolute Gasteiger partial charge is 0.229 e. The topological polar surface area (TPSA) is 54.0 Å². The molecule has 4 heteroatoms. The van der Waals surface area contributed by atoms with Crippen LogP contribution in [0.4, 0.5) is 11.4 Å². The molecule has 2 N–H and O–H groups in total. The molecule has 0 saturated carbocycles. The van der Waals surface area contributed by atoms with E-state index >= 15 is 0 Å². The average Bonchev–Trinajstić information content (AvgIpc) is 2.35. The Morgan fingerprint density at radius 2 is 2.27 bits per heavy atom. The highest BCUT2D eigenvalue weighted by Gasteiger charge is 2.25. The molecule has 80 valence electrons. The number of fused-ring (bicyclic) bond motifs is 1. The SMILES string of the molecule is CC(C)C1CNc2ccncc2NC1=O. The molecule has 0 radical (unpaired) electrons. The quantitative estimate of drug-likeness (QED) is 0.734. The maximum atomic E-state index is 11.8. The van der Waals surface area contributed by atoms with Crippen LogP contribution in [0.15, 0.2) is 18.5 Å². The summed E-state index contributed by atoms with van der Waals surface area (Å²) in [7, 11) is 0. The molecule has 1 aromatic rings. The summed E-state index contributed by atoms with van der Waals surface area (Å²) in [5.41, 5.74) is 1.71. The molecular formula is C11H15N3O. The van der Waals surface area contributed by atoms with E-state index in [2.05, 4.69) is 29.5 Å². The van der Waals surface area contributed by atoms with E-state index in [0.29, 0.717) is 12.5 Å². The van der Waals surface area contributed by atoms with E-state index in [4.69, 9.17) is 0 Å². The van der Waals surface area contributed by atoms with Gasteiger partial charge in [0.05, 0.1) is 23.5 Å². The minimum absolute atomic E-state index is 0.0115. The molecule has 1 unspecified atom stereocenters. The fourth-order valence-corrected chi connectivity index (χ4v) is 1.72. The van der Waals surface area contributed by atoms with Crippen LogP contribution >= 0.6 is 0 Å². The third-order valence-corrected chi connectivity index (χ3v) is 2.73. The highest BCUT2D eigenvalue weighted by atomic mass is 16.2. The molecule has 1 aliphatic heterocycles. The van der Waals surface area contributed by atoms with E-state index in [9.17, 15) is 4.79 Å². The summed E-state index contributed by atoms with van der Waals surface area (Å²) < 4.78 is 0. The normalized spacial score (nSPS) is 20.2.